The molecule has 2 unspecified atom stereocenters. The second kappa shape index (κ2) is 13.2. The van der Waals surface area contributed by atoms with Crippen LogP contribution in [0.15, 0.2) is 4.99 Å². The minimum atomic E-state index is 0. The summed E-state index contributed by atoms with van der Waals surface area (Å²) in [5, 5.41) is 3.58. The molecule has 0 aromatic carbocycles. The number of piperidine rings is 1. The first kappa shape index (κ1) is 24.1. The first-order chi connectivity index (χ1) is 13.2. The summed E-state index contributed by atoms with van der Waals surface area (Å²) in [7, 11) is 1.88. The van der Waals surface area contributed by atoms with Gasteiger partial charge in [0.15, 0.2) is 5.96 Å². The summed E-state index contributed by atoms with van der Waals surface area (Å²) in [4.78, 5) is 9.37. The molecule has 3 aliphatic heterocycles. The summed E-state index contributed by atoms with van der Waals surface area (Å²) in [6, 6.07) is 0. The van der Waals surface area contributed by atoms with E-state index in [1.807, 2.05) is 7.05 Å². The molecule has 28 heavy (non-hydrogen) atoms. The maximum Gasteiger partial charge on any atom is 0.193 e. The van der Waals surface area contributed by atoms with Crippen LogP contribution in [0.5, 0.6) is 0 Å². The lowest BCUT2D eigenvalue weighted by molar-refractivity contribution is -0.0367. The van der Waals surface area contributed by atoms with E-state index in [1.165, 1.54) is 6.42 Å². The molecular weight excluding hydrogens is 471 g/mol. The van der Waals surface area contributed by atoms with Crippen molar-refractivity contribution in [3.8, 4) is 0 Å². The number of likely N-dealkylation sites (tertiary alicyclic amines) is 1. The first-order valence-corrected chi connectivity index (χ1v) is 10.7. The first-order valence-electron chi connectivity index (χ1n) is 10.7. The number of morpholine rings is 1. The number of hydrogen-bond donors (Lipinski definition) is 1. The van der Waals surface area contributed by atoms with E-state index in [1.54, 1.807) is 0 Å². The highest BCUT2D eigenvalue weighted by Gasteiger charge is 2.24. The third kappa shape index (κ3) is 7.93. The summed E-state index contributed by atoms with van der Waals surface area (Å²) in [5.74, 6) is 1.62. The summed E-state index contributed by atoms with van der Waals surface area (Å²) < 4.78 is 17.2. The number of nitrogens with zero attached hydrogens (tertiary/aromatic N) is 3. The molecular formula is C20H39IN4O3. The number of rotatable bonds is 7. The Kier molecular flexibility index (Phi) is 11.4. The molecule has 0 spiro atoms. The van der Waals surface area contributed by atoms with E-state index >= 15 is 0 Å². The zero-order valence-corrected chi connectivity index (χ0v) is 19.9. The Hall–Kier alpha value is -0.160. The second-order valence-electron chi connectivity index (χ2n) is 8.10. The third-order valence-corrected chi connectivity index (χ3v) is 5.78. The Morgan fingerprint density at radius 1 is 1.14 bits per heavy atom. The monoisotopic (exact) mass is 510 g/mol. The number of halogens is 1. The predicted molar refractivity (Wildman–Crippen MR) is 123 cm³/mol. The number of nitrogens with one attached hydrogen (secondary N) is 1. The van der Waals surface area contributed by atoms with Gasteiger partial charge in [0, 0.05) is 52.9 Å². The Balaban J connectivity index is 0.00000280. The molecule has 0 amide bonds. The molecule has 3 saturated heterocycles. The predicted octanol–water partition coefficient (Wildman–Crippen LogP) is 1.81. The fourth-order valence-corrected chi connectivity index (χ4v) is 4.14. The van der Waals surface area contributed by atoms with Gasteiger partial charge in [0.05, 0.1) is 32.0 Å². The van der Waals surface area contributed by atoms with E-state index in [4.69, 9.17) is 14.2 Å². The normalized spacial score (nSPS) is 26.1. The highest BCUT2D eigenvalue weighted by atomic mass is 127. The lowest BCUT2D eigenvalue weighted by Gasteiger charge is -2.35. The molecule has 3 heterocycles. The fraction of sp³-hybridized carbons (Fsp3) is 0.950. The third-order valence-electron chi connectivity index (χ3n) is 5.78. The summed E-state index contributed by atoms with van der Waals surface area (Å²) in [5.41, 5.74) is 0. The molecule has 7 nitrogen and oxygen atoms in total. The average Bonchev–Trinajstić information content (AvgIpc) is 3.22. The Morgan fingerprint density at radius 3 is 2.54 bits per heavy atom. The SMILES string of the molecule is CN=C(NCC(C)CN1CCOCC1)N1CCC(OCC2CCCO2)CC1.I. The van der Waals surface area contributed by atoms with Gasteiger partial charge >= 0.3 is 0 Å². The standard InChI is InChI=1S/C20H38N4O3.HI/c1-17(15-23-9-12-25-13-10-23)14-22-20(21-2)24-7-5-18(6-8-24)27-16-19-4-3-11-26-19;/h17-19H,3-16H2,1-2H3,(H,21,22);1H. The summed E-state index contributed by atoms with van der Waals surface area (Å²) in [6.45, 7) is 11.9. The summed E-state index contributed by atoms with van der Waals surface area (Å²) in [6.07, 6.45) is 5.15. The fourth-order valence-electron chi connectivity index (χ4n) is 4.14. The Labute approximate surface area is 187 Å². The maximum atomic E-state index is 6.08. The largest absolute Gasteiger partial charge is 0.379 e. The topological polar surface area (TPSA) is 58.6 Å². The van der Waals surface area contributed by atoms with Crippen molar-refractivity contribution < 1.29 is 14.2 Å². The van der Waals surface area contributed by atoms with Crippen LogP contribution in [-0.2, 0) is 14.2 Å². The molecule has 0 bridgehead atoms. The van der Waals surface area contributed by atoms with Crippen molar-refractivity contribution in [2.75, 3.05) is 72.7 Å². The van der Waals surface area contributed by atoms with E-state index < -0.39 is 0 Å². The van der Waals surface area contributed by atoms with Crippen LogP contribution in [0.2, 0.25) is 0 Å². The van der Waals surface area contributed by atoms with Gasteiger partial charge in [-0.25, -0.2) is 0 Å². The smallest absolute Gasteiger partial charge is 0.193 e. The quantitative estimate of drug-likeness (QED) is 0.321. The van der Waals surface area contributed by atoms with Gasteiger partial charge in [-0.1, -0.05) is 6.92 Å². The highest BCUT2D eigenvalue weighted by molar-refractivity contribution is 14.0. The molecule has 0 aromatic rings. The van der Waals surface area contributed by atoms with Crippen molar-refractivity contribution >= 4 is 29.9 Å². The van der Waals surface area contributed by atoms with E-state index in [-0.39, 0.29) is 24.0 Å². The van der Waals surface area contributed by atoms with Gasteiger partial charge in [-0.3, -0.25) is 9.89 Å². The number of ether oxygens (including phenoxy) is 3. The Morgan fingerprint density at radius 2 is 1.89 bits per heavy atom. The van der Waals surface area contributed by atoms with Crippen LogP contribution >= 0.6 is 24.0 Å². The number of aliphatic imine (C=N–C) groups is 1. The van der Waals surface area contributed by atoms with Crippen molar-refractivity contribution in [3.05, 3.63) is 0 Å². The molecule has 0 aliphatic carbocycles. The number of hydrogen-bond acceptors (Lipinski definition) is 5. The minimum Gasteiger partial charge on any atom is -0.379 e. The molecule has 8 heteroatoms. The molecule has 0 radical (unpaired) electrons. The highest BCUT2D eigenvalue weighted by Crippen LogP contribution is 2.18. The second-order valence-corrected chi connectivity index (χ2v) is 8.10. The molecule has 3 fully saturated rings. The van der Waals surface area contributed by atoms with Gasteiger partial charge in [0.25, 0.3) is 0 Å². The molecule has 0 saturated carbocycles. The van der Waals surface area contributed by atoms with Gasteiger partial charge in [-0.15, -0.1) is 24.0 Å². The van der Waals surface area contributed by atoms with Crippen molar-refractivity contribution in [1.29, 1.82) is 0 Å². The van der Waals surface area contributed by atoms with E-state index in [2.05, 4.69) is 27.0 Å². The molecule has 3 aliphatic rings. The zero-order valence-electron chi connectivity index (χ0n) is 17.6. The van der Waals surface area contributed by atoms with Crippen molar-refractivity contribution in [3.63, 3.8) is 0 Å². The van der Waals surface area contributed by atoms with Crippen LogP contribution in [0.4, 0.5) is 0 Å². The minimum absolute atomic E-state index is 0. The van der Waals surface area contributed by atoms with E-state index in [0.717, 1.165) is 90.9 Å². The van der Waals surface area contributed by atoms with Gasteiger partial charge in [0.1, 0.15) is 0 Å². The zero-order chi connectivity index (χ0) is 18.9. The van der Waals surface area contributed by atoms with Crippen LogP contribution < -0.4 is 5.32 Å². The van der Waals surface area contributed by atoms with Gasteiger partial charge in [-0.05, 0) is 31.6 Å². The van der Waals surface area contributed by atoms with Crippen molar-refractivity contribution in [2.45, 2.75) is 44.8 Å². The molecule has 1 N–H and O–H groups in total. The van der Waals surface area contributed by atoms with Crippen LogP contribution in [0.3, 0.4) is 0 Å². The molecule has 164 valence electrons. The van der Waals surface area contributed by atoms with Crippen LogP contribution in [-0.4, -0.2) is 101 Å². The van der Waals surface area contributed by atoms with Gasteiger partial charge in [-0.2, -0.15) is 0 Å². The van der Waals surface area contributed by atoms with E-state index in [0.29, 0.717) is 18.1 Å². The lowest BCUT2D eigenvalue weighted by atomic mass is 10.1. The number of guanidine groups is 1. The van der Waals surface area contributed by atoms with Crippen LogP contribution in [0.25, 0.3) is 0 Å². The summed E-state index contributed by atoms with van der Waals surface area (Å²) >= 11 is 0. The van der Waals surface area contributed by atoms with Crippen molar-refractivity contribution in [1.82, 2.24) is 15.1 Å². The van der Waals surface area contributed by atoms with Gasteiger partial charge in [0.2, 0.25) is 0 Å². The average molecular weight is 510 g/mol. The molecule has 0 aromatic heterocycles. The Bertz CT molecular complexity index is 449. The lowest BCUT2D eigenvalue weighted by Crippen LogP contribution is -2.49. The maximum absolute atomic E-state index is 6.08. The molecule has 3 rings (SSSR count). The van der Waals surface area contributed by atoms with Crippen LogP contribution in [0, 0.1) is 5.92 Å². The van der Waals surface area contributed by atoms with Crippen molar-refractivity contribution in [2.24, 2.45) is 10.9 Å². The van der Waals surface area contributed by atoms with Crippen LogP contribution in [0.1, 0.15) is 32.6 Å². The van der Waals surface area contributed by atoms with Gasteiger partial charge < -0.3 is 24.4 Å². The van der Waals surface area contributed by atoms with E-state index in [9.17, 15) is 0 Å². The molecule has 2 atom stereocenters.